The van der Waals surface area contributed by atoms with Gasteiger partial charge >= 0.3 is 0 Å². The van der Waals surface area contributed by atoms with E-state index in [1.54, 1.807) is 32.6 Å². The number of pyridine rings is 2. The monoisotopic (exact) mass is 443 g/mol. The predicted octanol–water partition coefficient (Wildman–Crippen LogP) is 4.79. The third-order valence-electron chi connectivity index (χ3n) is 5.45. The van der Waals surface area contributed by atoms with Gasteiger partial charge in [0.25, 0.3) is 0 Å². The van der Waals surface area contributed by atoms with Crippen LogP contribution in [0.5, 0.6) is 5.88 Å². The number of rotatable bonds is 5. The van der Waals surface area contributed by atoms with E-state index in [0.717, 1.165) is 35.9 Å². The highest BCUT2D eigenvalue weighted by Gasteiger charge is 2.35. The van der Waals surface area contributed by atoms with Gasteiger partial charge in [-0.25, -0.2) is 9.37 Å². The Morgan fingerprint density at radius 3 is 2.75 bits per heavy atom. The van der Waals surface area contributed by atoms with Crippen LogP contribution in [0.25, 0.3) is 10.9 Å². The van der Waals surface area contributed by atoms with Crippen molar-refractivity contribution < 1.29 is 13.9 Å². The van der Waals surface area contributed by atoms with Crippen LogP contribution in [0.1, 0.15) is 35.8 Å². The standard InChI is InChI=1S/C21H19BrFN3O2/c1-26(11-27)19-10-25-18-9-17(23)16(22)8-15(18)21(19)14-5-13(6-14)12-3-4-24-20(7-12)28-2/h3-4,7-11,13-14H,5-6H2,1-2H3. The number of hydrogen-bond donors (Lipinski definition) is 0. The van der Waals surface area contributed by atoms with Crippen LogP contribution < -0.4 is 9.64 Å². The summed E-state index contributed by atoms with van der Waals surface area (Å²) in [4.78, 5) is 21.5. The number of nitrogens with zero attached hydrogens (tertiary/aromatic N) is 3. The molecule has 0 saturated heterocycles. The van der Waals surface area contributed by atoms with Crippen LogP contribution in [0.4, 0.5) is 10.1 Å². The molecule has 1 fully saturated rings. The van der Waals surface area contributed by atoms with Gasteiger partial charge in [0.1, 0.15) is 5.82 Å². The van der Waals surface area contributed by atoms with Crippen molar-refractivity contribution in [3.05, 3.63) is 58.1 Å². The van der Waals surface area contributed by atoms with Crippen molar-refractivity contribution in [3.8, 4) is 5.88 Å². The molecule has 1 aliphatic carbocycles. The molecule has 0 spiro atoms. The number of methoxy groups -OCH3 is 1. The number of fused-ring (bicyclic) bond motifs is 1. The maximum Gasteiger partial charge on any atom is 0.213 e. The van der Waals surface area contributed by atoms with Crippen LogP contribution in [0, 0.1) is 5.82 Å². The molecule has 1 saturated carbocycles. The van der Waals surface area contributed by atoms with Gasteiger partial charge in [0.2, 0.25) is 12.3 Å². The molecule has 28 heavy (non-hydrogen) atoms. The fourth-order valence-corrected chi connectivity index (χ4v) is 4.22. The minimum atomic E-state index is -0.349. The Morgan fingerprint density at radius 2 is 2.04 bits per heavy atom. The third kappa shape index (κ3) is 3.24. The summed E-state index contributed by atoms with van der Waals surface area (Å²) in [6.07, 6.45) is 6.05. The second-order valence-corrected chi connectivity index (χ2v) is 7.91. The zero-order valence-electron chi connectivity index (χ0n) is 15.5. The molecule has 0 radical (unpaired) electrons. The average molecular weight is 444 g/mol. The van der Waals surface area contributed by atoms with Crippen LogP contribution in [-0.4, -0.2) is 30.5 Å². The molecular formula is C21H19BrFN3O2. The summed E-state index contributed by atoms with van der Waals surface area (Å²) in [5.74, 6) is 0.904. The van der Waals surface area contributed by atoms with Crippen molar-refractivity contribution in [1.29, 1.82) is 0 Å². The predicted molar refractivity (Wildman–Crippen MR) is 109 cm³/mol. The van der Waals surface area contributed by atoms with E-state index in [1.165, 1.54) is 16.5 Å². The Morgan fingerprint density at radius 1 is 1.25 bits per heavy atom. The number of anilines is 1. The molecular weight excluding hydrogens is 425 g/mol. The van der Waals surface area contributed by atoms with E-state index in [2.05, 4.69) is 25.9 Å². The van der Waals surface area contributed by atoms with Crippen LogP contribution in [0.15, 0.2) is 41.1 Å². The molecule has 144 valence electrons. The summed E-state index contributed by atoms with van der Waals surface area (Å²) in [6, 6.07) is 7.17. The van der Waals surface area contributed by atoms with Gasteiger partial charge in [0, 0.05) is 30.8 Å². The van der Waals surface area contributed by atoms with Crippen molar-refractivity contribution in [1.82, 2.24) is 9.97 Å². The lowest BCUT2D eigenvalue weighted by molar-refractivity contribution is -0.107. The fraction of sp³-hybridized carbons (Fsp3) is 0.286. The lowest BCUT2D eigenvalue weighted by atomic mass is 9.67. The van der Waals surface area contributed by atoms with Gasteiger partial charge in [0.05, 0.1) is 29.0 Å². The van der Waals surface area contributed by atoms with E-state index in [-0.39, 0.29) is 11.7 Å². The SMILES string of the molecule is COc1cc(C2CC(c3c(N(C)C=O)cnc4cc(F)c(Br)cc34)C2)ccn1. The molecule has 2 aromatic heterocycles. The molecule has 2 heterocycles. The number of hydrogen-bond acceptors (Lipinski definition) is 4. The van der Waals surface area contributed by atoms with Crippen molar-refractivity contribution in [2.75, 3.05) is 19.1 Å². The molecule has 5 nitrogen and oxygen atoms in total. The Balaban J connectivity index is 1.73. The lowest BCUT2D eigenvalue weighted by Gasteiger charge is -2.38. The lowest BCUT2D eigenvalue weighted by Crippen LogP contribution is -2.24. The summed E-state index contributed by atoms with van der Waals surface area (Å²) in [5, 5.41) is 0.871. The molecule has 4 rings (SSSR count). The maximum atomic E-state index is 14.0. The van der Waals surface area contributed by atoms with Crippen molar-refractivity contribution in [2.45, 2.75) is 24.7 Å². The summed E-state index contributed by atoms with van der Waals surface area (Å²) < 4.78 is 19.6. The van der Waals surface area contributed by atoms with Gasteiger partial charge in [-0.15, -0.1) is 0 Å². The zero-order chi connectivity index (χ0) is 19.8. The van der Waals surface area contributed by atoms with Crippen LogP contribution in [0.2, 0.25) is 0 Å². The summed E-state index contributed by atoms with van der Waals surface area (Å²) in [5.41, 5.74) is 3.58. The first-order valence-electron chi connectivity index (χ1n) is 8.97. The maximum absolute atomic E-state index is 14.0. The first-order chi connectivity index (χ1) is 13.5. The number of amides is 1. The van der Waals surface area contributed by atoms with Crippen molar-refractivity contribution in [2.24, 2.45) is 0 Å². The Labute approximate surface area is 170 Å². The first kappa shape index (κ1) is 18.8. The number of ether oxygens (including phenoxy) is 1. The third-order valence-corrected chi connectivity index (χ3v) is 6.06. The summed E-state index contributed by atoms with van der Waals surface area (Å²) >= 11 is 3.28. The average Bonchev–Trinajstić information content (AvgIpc) is 2.67. The van der Waals surface area contributed by atoms with E-state index in [4.69, 9.17) is 4.74 Å². The minimum Gasteiger partial charge on any atom is -0.481 e. The molecule has 0 aliphatic heterocycles. The Hall–Kier alpha value is -2.54. The van der Waals surface area contributed by atoms with E-state index in [0.29, 0.717) is 21.8 Å². The van der Waals surface area contributed by atoms with Crippen LogP contribution in [0.3, 0.4) is 0 Å². The normalized spacial score (nSPS) is 18.6. The molecule has 0 bridgehead atoms. The van der Waals surface area contributed by atoms with E-state index < -0.39 is 0 Å². The zero-order valence-corrected chi connectivity index (χ0v) is 17.1. The van der Waals surface area contributed by atoms with Crippen molar-refractivity contribution in [3.63, 3.8) is 0 Å². The number of benzene rings is 1. The Kier molecular flexibility index (Phi) is 5.02. The number of aromatic nitrogens is 2. The van der Waals surface area contributed by atoms with Gasteiger partial charge < -0.3 is 9.64 Å². The van der Waals surface area contributed by atoms with Crippen LogP contribution in [-0.2, 0) is 4.79 Å². The molecule has 0 unspecified atom stereocenters. The van der Waals surface area contributed by atoms with Gasteiger partial charge in [-0.1, -0.05) is 0 Å². The molecule has 7 heteroatoms. The summed E-state index contributed by atoms with van der Waals surface area (Å²) in [7, 11) is 3.32. The minimum absolute atomic E-state index is 0.254. The van der Waals surface area contributed by atoms with Crippen LogP contribution >= 0.6 is 15.9 Å². The second-order valence-electron chi connectivity index (χ2n) is 7.05. The van der Waals surface area contributed by atoms with Crippen molar-refractivity contribution >= 4 is 38.9 Å². The molecule has 0 N–H and O–H groups in total. The topological polar surface area (TPSA) is 55.3 Å². The van der Waals surface area contributed by atoms with E-state index in [9.17, 15) is 9.18 Å². The largest absolute Gasteiger partial charge is 0.481 e. The second kappa shape index (κ2) is 7.47. The van der Waals surface area contributed by atoms with Gasteiger partial charge in [-0.2, -0.15) is 0 Å². The highest BCUT2D eigenvalue weighted by Crippen LogP contribution is 2.51. The highest BCUT2D eigenvalue weighted by atomic mass is 79.9. The fourth-order valence-electron chi connectivity index (χ4n) is 3.88. The van der Waals surface area contributed by atoms with Gasteiger partial charge in [-0.3, -0.25) is 9.78 Å². The molecule has 1 aliphatic rings. The molecule has 3 aromatic rings. The number of halogens is 2. The summed E-state index contributed by atoms with van der Waals surface area (Å²) in [6.45, 7) is 0. The highest BCUT2D eigenvalue weighted by molar-refractivity contribution is 9.10. The van der Waals surface area contributed by atoms with E-state index in [1.807, 2.05) is 12.1 Å². The first-order valence-corrected chi connectivity index (χ1v) is 9.76. The quantitative estimate of drug-likeness (QED) is 0.531. The van der Waals surface area contributed by atoms with Gasteiger partial charge in [-0.05, 0) is 63.9 Å². The number of carbonyl (C=O) groups excluding carboxylic acids is 1. The van der Waals surface area contributed by atoms with Gasteiger partial charge in [0.15, 0.2) is 0 Å². The smallest absolute Gasteiger partial charge is 0.213 e. The molecule has 1 aromatic carbocycles. The molecule has 1 amide bonds. The molecule has 0 atom stereocenters. The number of carbonyl (C=O) groups is 1. The Bertz CT molecular complexity index is 1050. The van der Waals surface area contributed by atoms with E-state index >= 15 is 0 Å².